The van der Waals surface area contributed by atoms with Crippen molar-refractivity contribution in [3.63, 3.8) is 0 Å². The summed E-state index contributed by atoms with van der Waals surface area (Å²) >= 11 is 0. The molecule has 12 heteroatoms. The molecule has 0 saturated carbocycles. The number of fused-ring (bicyclic) bond motifs is 1. The number of carbonyl (C=O) groups is 3. The summed E-state index contributed by atoms with van der Waals surface area (Å²) in [5.41, 5.74) is -1.60. The zero-order valence-electron chi connectivity index (χ0n) is 26.4. The van der Waals surface area contributed by atoms with Gasteiger partial charge in [-0.05, 0) is 49.2 Å². The smallest absolute Gasteiger partial charge is 0.360 e. The number of ether oxygens (including phenoxy) is 7. The van der Waals surface area contributed by atoms with E-state index in [2.05, 4.69) is 0 Å². The van der Waals surface area contributed by atoms with Gasteiger partial charge in [-0.25, -0.2) is 9.59 Å². The van der Waals surface area contributed by atoms with Crippen molar-refractivity contribution in [1.29, 1.82) is 5.26 Å². The van der Waals surface area contributed by atoms with Crippen molar-refractivity contribution in [2.45, 2.75) is 38.1 Å². The first-order valence-corrected chi connectivity index (χ1v) is 14.4. The fourth-order valence-electron chi connectivity index (χ4n) is 4.63. The molecule has 1 heterocycles. The van der Waals surface area contributed by atoms with Crippen LogP contribution in [0.4, 0.5) is 0 Å². The topological polar surface area (TPSA) is 160 Å². The van der Waals surface area contributed by atoms with Crippen LogP contribution in [0.2, 0.25) is 0 Å². The van der Waals surface area contributed by atoms with Crippen LogP contribution in [0.1, 0.15) is 42.6 Å². The number of para-hydroxylation sites is 1. The number of aliphatic carboxylic acids is 1. The average molecular weight is 636 g/mol. The second kappa shape index (κ2) is 16.4. The van der Waals surface area contributed by atoms with Gasteiger partial charge in [0.15, 0.2) is 12.4 Å². The normalized spacial score (nSPS) is 20.0. The summed E-state index contributed by atoms with van der Waals surface area (Å²) in [4.78, 5) is 37.2. The number of hydrogen-bond donors (Lipinski definition) is 1. The number of Topliss-reactive ketones (excluding diaryl/α,β-unsaturated/α-hetero) is 1. The van der Waals surface area contributed by atoms with Crippen LogP contribution in [-0.2, 0) is 38.0 Å². The van der Waals surface area contributed by atoms with Gasteiger partial charge in [-0.1, -0.05) is 32.0 Å². The van der Waals surface area contributed by atoms with Crippen LogP contribution in [0.15, 0.2) is 89.6 Å². The van der Waals surface area contributed by atoms with Gasteiger partial charge in [-0.15, -0.1) is 0 Å². The lowest BCUT2D eigenvalue weighted by Crippen LogP contribution is -2.57. The number of rotatable bonds is 14. The predicted octanol–water partition coefficient (Wildman–Crippen LogP) is 4.71. The van der Waals surface area contributed by atoms with Crippen molar-refractivity contribution in [2.24, 2.45) is 0 Å². The van der Waals surface area contributed by atoms with Gasteiger partial charge >= 0.3 is 11.9 Å². The Morgan fingerprint density at radius 2 is 1.61 bits per heavy atom. The highest BCUT2D eigenvalue weighted by Gasteiger charge is 2.61. The number of benzene rings is 2. The van der Waals surface area contributed by atoms with Gasteiger partial charge in [0.05, 0.1) is 32.0 Å². The molecular formula is C34H37NO11. The summed E-state index contributed by atoms with van der Waals surface area (Å²) in [6.07, 6.45) is 4.56. The molecule has 0 radical (unpaired) electrons. The van der Waals surface area contributed by atoms with Crippen LogP contribution in [0, 0.1) is 11.3 Å². The third-order valence-corrected chi connectivity index (χ3v) is 6.75. The van der Waals surface area contributed by atoms with E-state index in [0.29, 0.717) is 30.1 Å². The van der Waals surface area contributed by atoms with E-state index in [4.69, 9.17) is 43.5 Å². The van der Waals surface area contributed by atoms with Gasteiger partial charge in [-0.3, -0.25) is 4.79 Å². The van der Waals surface area contributed by atoms with Crippen molar-refractivity contribution in [2.75, 3.05) is 41.2 Å². The molecule has 1 aliphatic carbocycles. The molecule has 2 unspecified atom stereocenters. The lowest BCUT2D eigenvalue weighted by Gasteiger charge is -2.42. The Kier molecular flexibility index (Phi) is 12.6. The maximum atomic E-state index is 13.8. The zero-order valence-corrected chi connectivity index (χ0v) is 26.4. The molecule has 0 aromatic heterocycles. The van der Waals surface area contributed by atoms with E-state index in [1.165, 1.54) is 51.7 Å². The van der Waals surface area contributed by atoms with Crippen LogP contribution in [0.25, 0.3) is 0 Å². The summed E-state index contributed by atoms with van der Waals surface area (Å²) in [6, 6.07) is 16.7. The standard InChI is InChI=1S/C26H29NO8.C8H8O3/c1-6-12-33-19-14-20-21(25(15-19,31-4)34-13-7-2)23(30-3)26(32-5,24(29)35-20)22(28)18-10-8-17(16-27)9-11-18;9-8(10)6-11-7-4-2-1-3-5-7/h8-11,14-15H,6-7,12-13H2,1-5H3;1-5H,6H2,(H,9,10). The molecule has 12 nitrogen and oxygen atoms in total. The van der Waals surface area contributed by atoms with Gasteiger partial charge < -0.3 is 38.3 Å². The first-order valence-electron chi connectivity index (χ1n) is 14.4. The highest BCUT2D eigenvalue weighted by Crippen LogP contribution is 2.47. The SMILES string of the molecule is CCCOC1=CC(OC)(OCCC)C2=C(OC)C(OC)(C(=O)c3ccc(C#N)cc3)C(=O)OC2=C1.O=C(O)COc1ccccc1. The minimum atomic E-state index is -2.27. The molecule has 1 N–H and O–H groups in total. The summed E-state index contributed by atoms with van der Waals surface area (Å²) in [7, 11) is 3.97. The van der Waals surface area contributed by atoms with E-state index in [-0.39, 0.29) is 35.9 Å². The quantitative estimate of drug-likeness (QED) is 0.132. The fraction of sp³-hybridized carbons (Fsp3) is 0.353. The molecule has 2 aliphatic rings. The Morgan fingerprint density at radius 1 is 0.935 bits per heavy atom. The van der Waals surface area contributed by atoms with Crippen molar-refractivity contribution in [3.05, 3.63) is 101 Å². The number of carboxylic acids is 1. The number of nitrogens with zero attached hydrogens (tertiary/aromatic N) is 1. The van der Waals surface area contributed by atoms with Crippen LogP contribution in [-0.4, -0.2) is 75.4 Å². The second-order valence-corrected chi connectivity index (χ2v) is 9.82. The third-order valence-electron chi connectivity index (χ3n) is 6.75. The second-order valence-electron chi connectivity index (χ2n) is 9.82. The van der Waals surface area contributed by atoms with Crippen LogP contribution in [0.5, 0.6) is 5.75 Å². The molecule has 2 atom stereocenters. The monoisotopic (exact) mass is 635 g/mol. The van der Waals surface area contributed by atoms with Crippen LogP contribution < -0.4 is 4.74 Å². The highest BCUT2D eigenvalue weighted by atomic mass is 16.7. The van der Waals surface area contributed by atoms with Gasteiger partial charge in [-0.2, -0.15) is 5.26 Å². The Labute approximate surface area is 267 Å². The zero-order chi connectivity index (χ0) is 33.7. The minimum absolute atomic E-state index is 0.0682. The van der Waals surface area contributed by atoms with Crippen molar-refractivity contribution in [1.82, 2.24) is 0 Å². The number of ketones is 1. The molecule has 0 fully saturated rings. The number of carbonyl (C=O) groups excluding carboxylic acids is 2. The predicted molar refractivity (Wildman–Crippen MR) is 163 cm³/mol. The number of hydrogen-bond acceptors (Lipinski definition) is 11. The maximum absolute atomic E-state index is 13.8. The number of carboxylic acid groups (broad SMARTS) is 1. The van der Waals surface area contributed by atoms with Gasteiger partial charge in [0.1, 0.15) is 22.8 Å². The Morgan fingerprint density at radius 3 is 2.15 bits per heavy atom. The summed E-state index contributed by atoms with van der Waals surface area (Å²) in [6.45, 7) is 4.32. The molecule has 0 bridgehead atoms. The largest absolute Gasteiger partial charge is 0.496 e. The van der Waals surface area contributed by atoms with Gasteiger partial charge in [0, 0.05) is 31.9 Å². The molecule has 4 rings (SSSR count). The van der Waals surface area contributed by atoms with Crippen molar-refractivity contribution in [3.8, 4) is 11.8 Å². The molecular weight excluding hydrogens is 598 g/mol. The molecule has 244 valence electrons. The lowest BCUT2D eigenvalue weighted by molar-refractivity contribution is -0.180. The molecule has 0 amide bonds. The molecule has 2 aromatic carbocycles. The van der Waals surface area contributed by atoms with Crippen molar-refractivity contribution >= 4 is 17.7 Å². The van der Waals surface area contributed by atoms with Crippen LogP contribution in [0.3, 0.4) is 0 Å². The number of allylic oxidation sites excluding steroid dienone is 1. The van der Waals surface area contributed by atoms with Gasteiger partial charge in [0.25, 0.3) is 5.60 Å². The summed E-state index contributed by atoms with van der Waals surface area (Å²) in [5.74, 6) is -3.35. The van der Waals surface area contributed by atoms with E-state index >= 15 is 0 Å². The molecule has 0 spiro atoms. The fourth-order valence-corrected chi connectivity index (χ4v) is 4.63. The maximum Gasteiger partial charge on any atom is 0.360 e. The van der Waals surface area contributed by atoms with E-state index in [0.717, 1.165) is 6.42 Å². The van der Waals surface area contributed by atoms with E-state index in [9.17, 15) is 14.4 Å². The Hall–Kier alpha value is -4.96. The molecule has 46 heavy (non-hydrogen) atoms. The molecule has 1 aliphatic heterocycles. The number of methoxy groups -OCH3 is 3. The van der Waals surface area contributed by atoms with Crippen molar-refractivity contribution < 1.29 is 52.6 Å². The average Bonchev–Trinajstić information content (AvgIpc) is 3.08. The van der Waals surface area contributed by atoms with E-state index < -0.39 is 29.1 Å². The van der Waals surface area contributed by atoms with E-state index in [1.807, 2.05) is 26.0 Å². The lowest BCUT2D eigenvalue weighted by atomic mass is 9.82. The Bertz CT molecular complexity index is 1520. The number of esters is 1. The first-order chi connectivity index (χ1) is 22.2. The summed E-state index contributed by atoms with van der Waals surface area (Å²) < 4.78 is 39.5. The van der Waals surface area contributed by atoms with Gasteiger partial charge in [0.2, 0.25) is 11.6 Å². The Balaban J connectivity index is 0.000000441. The number of nitriles is 1. The molecule has 0 saturated heterocycles. The highest BCUT2D eigenvalue weighted by molar-refractivity contribution is 6.19. The van der Waals surface area contributed by atoms with Crippen LogP contribution >= 0.6 is 0 Å². The first kappa shape index (κ1) is 35.5. The van der Waals surface area contributed by atoms with E-state index in [1.54, 1.807) is 30.3 Å². The summed E-state index contributed by atoms with van der Waals surface area (Å²) in [5, 5.41) is 17.3. The minimum Gasteiger partial charge on any atom is -0.496 e. The third kappa shape index (κ3) is 7.63. The molecule has 2 aromatic rings.